The van der Waals surface area contributed by atoms with Crippen LogP contribution in [0, 0.1) is 5.82 Å². The van der Waals surface area contributed by atoms with Crippen LogP contribution >= 0.6 is 0 Å². The highest BCUT2D eigenvalue weighted by Gasteiger charge is 2.39. The van der Waals surface area contributed by atoms with Gasteiger partial charge in [-0.2, -0.15) is 0 Å². The summed E-state index contributed by atoms with van der Waals surface area (Å²) in [6.07, 6.45) is 2.50. The number of carbonyl (C=O) groups excluding carboxylic acids is 1. The van der Waals surface area contributed by atoms with Gasteiger partial charge in [0.1, 0.15) is 17.5 Å². The molecule has 1 aromatic heterocycles. The van der Waals surface area contributed by atoms with E-state index in [0.717, 1.165) is 6.42 Å². The molecule has 3 rings (SSSR count). The number of hydrogen-bond donors (Lipinski definition) is 1. The topological polar surface area (TPSA) is 75.4 Å². The van der Waals surface area contributed by atoms with E-state index < -0.39 is 5.41 Å². The lowest BCUT2D eigenvalue weighted by Crippen LogP contribution is -2.44. The number of nitrogens with two attached hydrogens (primary N) is 1. The highest BCUT2D eigenvalue weighted by molar-refractivity contribution is 5.87. The van der Waals surface area contributed by atoms with Crippen LogP contribution in [0.4, 0.5) is 10.2 Å². The van der Waals surface area contributed by atoms with Gasteiger partial charge in [-0.25, -0.2) is 14.4 Å². The second-order valence-corrected chi connectivity index (χ2v) is 7.61. The number of benzene rings is 1. The Bertz CT molecular complexity index is 826. The minimum Gasteiger partial charge on any atom is -0.384 e. The minimum atomic E-state index is -0.907. The normalized spacial score (nSPS) is 17.5. The van der Waals surface area contributed by atoms with Gasteiger partial charge in [0.15, 0.2) is 0 Å². The molecule has 6 nitrogen and oxygen atoms in total. The molecule has 0 aliphatic carbocycles. The first-order valence-electron chi connectivity index (χ1n) is 9.11. The van der Waals surface area contributed by atoms with Crippen molar-refractivity contribution in [3.63, 3.8) is 0 Å². The Balaban J connectivity index is 1.66. The zero-order chi connectivity index (χ0) is 19.6. The van der Waals surface area contributed by atoms with Gasteiger partial charge in [-0.1, -0.05) is 18.2 Å². The molecule has 1 amide bonds. The number of nitrogens with zero attached hydrogens (tertiary/aromatic N) is 4. The van der Waals surface area contributed by atoms with E-state index in [0.29, 0.717) is 36.8 Å². The fourth-order valence-electron chi connectivity index (χ4n) is 3.61. The van der Waals surface area contributed by atoms with Gasteiger partial charge < -0.3 is 10.6 Å². The standard InChI is InChI=1S/C20H26FN5O/c1-20(2,15-6-4-5-7-16(15)21)19(27)26-11-9-14(12-26)25(3)13-18-23-10-8-17(22)24-18/h4-8,10,14H,9,11-13H2,1-3H3,(H2,22,23,24)/t14-/m0/s1. The van der Waals surface area contributed by atoms with E-state index in [-0.39, 0.29) is 17.8 Å². The fourth-order valence-corrected chi connectivity index (χ4v) is 3.61. The smallest absolute Gasteiger partial charge is 0.232 e. The first-order valence-corrected chi connectivity index (χ1v) is 9.11. The molecule has 1 aromatic carbocycles. The van der Waals surface area contributed by atoms with E-state index in [2.05, 4.69) is 14.9 Å². The number of likely N-dealkylation sites (tertiary alicyclic amines) is 1. The summed E-state index contributed by atoms with van der Waals surface area (Å²) in [5.74, 6) is 0.712. The lowest BCUT2D eigenvalue weighted by molar-refractivity contribution is -0.135. The van der Waals surface area contributed by atoms with Crippen molar-refractivity contribution >= 4 is 11.7 Å². The molecule has 144 valence electrons. The molecule has 2 N–H and O–H groups in total. The van der Waals surface area contributed by atoms with Gasteiger partial charge in [0.2, 0.25) is 5.91 Å². The molecule has 27 heavy (non-hydrogen) atoms. The zero-order valence-corrected chi connectivity index (χ0v) is 16.0. The summed E-state index contributed by atoms with van der Waals surface area (Å²) in [4.78, 5) is 25.5. The van der Waals surface area contributed by atoms with Crippen LogP contribution in [-0.2, 0) is 16.8 Å². The van der Waals surface area contributed by atoms with Gasteiger partial charge in [-0.15, -0.1) is 0 Å². The Kier molecular flexibility index (Phi) is 5.41. The van der Waals surface area contributed by atoms with Crippen LogP contribution in [0.1, 0.15) is 31.7 Å². The summed E-state index contributed by atoms with van der Waals surface area (Å²) >= 11 is 0. The number of likely N-dealkylation sites (N-methyl/N-ethyl adjacent to an activating group) is 1. The monoisotopic (exact) mass is 371 g/mol. The molecular weight excluding hydrogens is 345 g/mol. The first-order chi connectivity index (χ1) is 12.8. The molecule has 0 unspecified atom stereocenters. The Morgan fingerprint density at radius 1 is 1.37 bits per heavy atom. The molecule has 7 heteroatoms. The maximum Gasteiger partial charge on any atom is 0.232 e. The van der Waals surface area contributed by atoms with Crippen molar-refractivity contribution in [3.05, 3.63) is 53.7 Å². The number of nitrogen functional groups attached to an aromatic ring is 1. The first kappa shape index (κ1) is 19.2. The quantitative estimate of drug-likeness (QED) is 0.872. The fraction of sp³-hybridized carbons (Fsp3) is 0.450. The van der Waals surface area contributed by atoms with Crippen molar-refractivity contribution < 1.29 is 9.18 Å². The predicted octanol–water partition coefficient (Wildman–Crippen LogP) is 2.21. The van der Waals surface area contributed by atoms with Crippen LogP contribution in [-0.4, -0.2) is 51.9 Å². The number of aromatic nitrogens is 2. The molecule has 0 radical (unpaired) electrons. The average molecular weight is 371 g/mol. The maximum atomic E-state index is 14.2. The maximum absolute atomic E-state index is 14.2. The van der Waals surface area contributed by atoms with E-state index in [1.807, 2.05) is 11.9 Å². The third-order valence-electron chi connectivity index (χ3n) is 5.27. The Morgan fingerprint density at radius 3 is 2.81 bits per heavy atom. The molecule has 1 aliphatic rings. The summed E-state index contributed by atoms with van der Waals surface area (Å²) in [6, 6.07) is 8.35. The molecule has 1 atom stereocenters. The van der Waals surface area contributed by atoms with Gasteiger partial charge in [-0.05, 0) is 39.4 Å². The van der Waals surface area contributed by atoms with Gasteiger partial charge in [0.25, 0.3) is 0 Å². The van der Waals surface area contributed by atoms with E-state index >= 15 is 0 Å². The highest BCUT2D eigenvalue weighted by atomic mass is 19.1. The second kappa shape index (κ2) is 7.60. The number of amides is 1. The van der Waals surface area contributed by atoms with Crippen molar-refractivity contribution in [3.8, 4) is 0 Å². The van der Waals surface area contributed by atoms with Crippen molar-refractivity contribution in [2.45, 2.75) is 38.3 Å². The summed E-state index contributed by atoms with van der Waals surface area (Å²) in [5, 5.41) is 0. The molecule has 1 aliphatic heterocycles. The van der Waals surface area contributed by atoms with E-state index in [4.69, 9.17) is 5.73 Å². The van der Waals surface area contributed by atoms with Crippen LogP contribution < -0.4 is 5.73 Å². The third-order valence-corrected chi connectivity index (χ3v) is 5.27. The highest BCUT2D eigenvalue weighted by Crippen LogP contribution is 2.30. The van der Waals surface area contributed by atoms with Crippen molar-refractivity contribution in [2.24, 2.45) is 0 Å². The molecule has 1 saturated heterocycles. The molecule has 0 saturated carbocycles. The van der Waals surface area contributed by atoms with Gasteiger partial charge in [0, 0.05) is 30.9 Å². The lowest BCUT2D eigenvalue weighted by atomic mass is 9.83. The van der Waals surface area contributed by atoms with E-state index in [9.17, 15) is 9.18 Å². The molecular formula is C20H26FN5O. The summed E-state index contributed by atoms with van der Waals surface area (Å²) in [5.41, 5.74) is 5.24. The molecule has 0 bridgehead atoms. The molecule has 1 fully saturated rings. The minimum absolute atomic E-state index is 0.0521. The molecule has 2 aromatic rings. The van der Waals surface area contributed by atoms with Gasteiger partial charge >= 0.3 is 0 Å². The number of rotatable bonds is 5. The third kappa shape index (κ3) is 4.08. The largest absolute Gasteiger partial charge is 0.384 e. The second-order valence-electron chi connectivity index (χ2n) is 7.61. The average Bonchev–Trinajstić information content (AvgIpc) is 3.11. The van der Waals surface area contributed by atoms with Crippen LogP contribution in [0.3, 0.4) is 0 Å². The number of halogens is 1. The van der Waals surface area contributed by atoms with Crippen LogP contribution in [0.15, 0.2) is 36.5 Å². The summed E-state index contributed by atoms with van der Waals surface area (Å²) in [7, 11) is 1.99. The van der Waals surface area contributed by atoms with Crippen LogP contribution in [0.25, 0.3) is 0 Å². The van der Waals surface area contributed by atoms with Crippen molar-refractivity contribution in [2.75, 3.05) is 25.9 Å². The lowest BCUT2D eigenvalue weighted by Gasteiger charge is -2.31. The molecule has 0 spiro atoms. The SMILES string of the molecule is CN(Cc1nccc(N)n1)[C@H]1CCN(C(=O)C(C)(C)c2ccccc2F)C1. The number of carbonyl (C=O) groups is 1. The molecule has 2 heterocycles. The number of anilines is 1. The summed E-state index contributed by atoms with van der Waals surface area (Å²) < 4.78 is 14.2. The Hall–Kier alpha value is -2.54. The van der Waals surface area contributed by atoms with Crippen LogP contribution in [0.2, 0.25) is 0 Å². The Labute approximate surface area is 159 Å². The van der Waals surface area contributed by atoms with Crippen molar-refractivity contribution in [1.82, 2.24) is 19.8 Å². The predicted molar refractivity (Wildman–Crippen MR) is 102 cm³/mol. The van der Waals surface area contributed by atoms with Gasteiger partial charge in [0.05, 0.1) is 12.0 Å². The van der Waals surface area contributed by atoms with Crippen LogP contribution in [0.5, 0.6) is 0 Å². The number of hydrogen-bond acceptors (Lipinski definition) is 5. The van der Waals surface area contributed by atoms with E-state index in [1.54, 1.807) is 44.3 Å². The Morgan fingerprint density at radius 2 is 2.11 bits per heavy atom. The zero-order valence-electron chi connectivity index (χ0n) is 16.0. The van der Waals surface area contributed by atoms with Gasteiger partial charge in [-0.3, -0.25) is 9.69 Å². The van der Waals surface area contributed by atoms with E-state index in [1.165, 1.54) is 6.07 Å². The summed E-state index contributed by atoms with van der Waals surface area (Å²) in [6.45, 7) is 5.39. The van der Waals surface area contributed by atoms with Crippen molar-refractivity contribution in [1.29, 1.82) is 0 Å².